The van der Waals surface area contributed by atoms with Gasteiger partial charge in [0.05, 0.1) is 11.7 Å². The van der Waals surface area contributed by atoms with Crippen molar-refractivity contribution in [3.8, 4) is 11.3 Å². The second kappa shape index (κ2) is 14.3. The molecule has 12 heteroatoms. The maximum absolute atomic E-state index is 14.3. The Morgan fingerprint density at radius 3 is 2.60 bits per heavy atom. The van der Waals surface area contributed by atoms with E-state index in [2.05, 4.69) is 17.6 Å². The lowest BCUT2D eigenvalue weighted by molar-refractivity contribution is -0.145. The van der Waals surface area contributed by atoms with E-state index >= 15 is 0 Å². The van der Waals surface area contributed by atoms with Crippen molar-refractivity contribution in [1.82, 2.24) is 30.5 Å². The van der Waals surface area contributed by atoms with Gasteiger partial charge in [0.1, 0.15) is 28.9 Å². The van der Waals surface area contributed by atoms with Crippen LogP contribution in [0, 0.1) is 5.92 Å². The summed E-state index contributed by atoms with van der Waals surface area (Å²) in [6, 6.07) is 7.46. The fraction of sp³-hybridized carbons (Fsp3) is 0.600. The van der Waals surface area contributed by atoms with Crippen molar-refractivity contribution in [2.24, 2.45) is 5.92 Å². The molecule has 2 aromatic rings. The van der Waals surface area contributed by atoms with E-state index in [9.17, 15) is 24.3 Å². The Labute approximate surface area is 276 Å². The number of carbonyl (C=O) groups excluding carboxylic acids is 3. The molecular weight excluding hydrogens is 600 g/mol. The summed E-state index contributed by atoms with van der Waals surface area (Å²) in [6.07, 6.45) is 9.79. The van der Waals surface area contributed by atoms with E-state index in [1.54, 1.807) is 25.6 Å². The number of carboxylic acid groups (broad SMARTS) is 1. The first-order chi connectivity index (χ1) is 22.4. The highest BCUT2D eigenvalue weighted by molar-refractivity contribution is 5.96. The van der Waals surface area contributed by atoms with Gasteiger partial charge < -0.3 is 25.4 Å². The van der Waals surface area contributed by atoms with Crippen molar-refractivity contribution in [2.75, 3.05) is 6.54 Å². The number of aryl methyl sites for hydroxylation is 1. The molecule has 0 spiro atoms. The Morgan fingerprint density at radius 2 is 1.89 bits per heavy atom. The number of rotatable bonds is 7. The minimum atomic E-state index is -1.41. The molecule has 3 N–H and O–H groups in total. The molecule has 1 aromatic carbocycles. The smallest absolute Gasteiger partial charge is 0.408 e. The molecule has 254 valence electrons. The Bertz CT molecular complexity index is 1480. The lowest BCUT2D eigenvalue weighted by atomic mass is 10.0. The highest BCUT2D eigenvalue weighted by Gasteiger charge is 2.61. The zero-order chi connectivity index (χ0) is 33.8. The highest BCUT2D eigenvalue weighted by Crippen LogP contribution is 2.45. The molecule has 0 radical (unpaired) electrons. The molecule has 1 aromatic heterocycles. The van der Waals surface area contributed by atoms with Gasteiger partial charge in [0.25, 0.3) is 0 Å². The van der Waals surface area contributed by atoms with E-state index < -0.39 is 53.1 Å². The van der Waals surface area contributed by atoms with Crippen LogP contribution in [0.3, 0.4) is 0 Å². The van der Waals surface area contributed by atoms with Gasteiger partial charge in [-0.3, -0.25) is 9.59 Å². The number of fused-ring (bicyclic) bond motifs is 2. The number of nitrogens with one attached hydrogen (secondary N) is 2. The van der Waals surface area contributed by atoms with Gasteiger partial charge in [0.2, 0.25) is 11.8 Å². The fourth-order valence-corrected chi connectivity index (χ4v) is 6.54. The van der Waals surface area contributed by atoms with Crippen LogP contribution in [0.1, 0.15) is 97.2 Å². The van der Waals surface area contributed by atoms with Crippen LogP contribution in [0.25, 0.3) is 11.3 Å². The summed E-state index contributed by atoms with van der Waals surface area (Å²) in [6.45, 7) is 7.50. The molecule has 5 rings (SSSR count). The van der Waals surface area contributed by atoms with E-state index in [0.29, 0.717) is 19.3 Å². The van der Waals surface area contributed by atoms with Crippen molar-refractivity contribution >= 4 is 23.9 Å². The van der Waals surface area contributed by atoms with E-state index in [-0.39, 0.29) is 18.9 Å². The van der Waals surface area contributed by atoms with Crippen molar-refractivity contribution < 1.29 is 29.0 Å². The van der Waals surface area contributed by atoms with Crippen LogP contribution < -0.4 is 10.6 Å². The van der Waals surface area contributed by atoms with Crippen LogP contribution in [-0.2, 0) is 25.5 Å². The number of unbranched alkanes of at least 4 members (excludes halogenated alkanes) is 1. The van der Waals surface area contributed by atoms with E-state index in [1.165, 1.54) is 4.90 Å². The quantitative estimate of drug-likeness (QED) is 0.362. The predicted octanol–water partition coefficient (Wildman–Crippen LogP) is 4.80. The average molecular weight is 649 g/mol. The summed E-state index contributed by atoms with van der Waals surface area (Å²) in [5, 5.41) is 25.5. The molecule has 3 aliphatic rings. The predicted molar refractivity (Wildman–Crippen MR) is 175 cm³/mol. The molecule has 2 aliphatic heterocycles. The number of nitrogens with zero attached hydrogens (tertiary/aromatic N) is 4. The number of hydrogen-bond donors (Lipinski definition) is 3. The van der Waals surface area contributed by atoms with Crippen molar-refractivity contribution in [3.05, 3.63) is 48.2 Å². The van der Waals surface area contributed by atoms with Gasteiger partial charge in [-0.15, -0.1) is 0 Å². The Kier molecular flexibility index (Phi) is 10.4. The Hall–Kier alpha value is -4.22. The van der Waals surface area contributed by atoms with Gasteiger partial charge in [-0.05, 0) is 59.3 Å². The van der Waals surface area contributed by atoms with Crippen LogP contribution in [-0.4, -0.2) is 78.6 Å². The number of aromatic nitrogens is 3. The largest absolute Gasteiger partial charge is 0.479 e. The highest BCUT2D eigenvalue weighted by atomic mass is 16.6. The molecule has 3 heterocycles. The molecule has 47 heavy (non-hydrogen) atoms. The Morgan fingerprint density at radius 1 is 1.13 bits per heavy atom. The average Bonchev–Trinajstić information content (AvgIpc) is 3.34. The van der Waals surface area contributed by atoms with Gasteiger partial charge in [0.15, 0.2) is 0 Å². The van der Waals surface area contributed by atoms with E-state index in [4.69, 9.17) is 14.9 Å². The third-order valence-corrected chi connectivity index (χ3v) is 9.17. The zero-order valence-electron chi connectivity index (χ0n) is 27.9. The number of ether oxygens (including phenoxy) is 1. The number of benzene rings is 1. The summed E-state index contributed by atoms with van der Waals surface area (Å²) in [4.78, 5) is 56.7. The molecule has 2 fully saturated rings. The maximum Gasteiger partial charge on any atom is 0.408 e. The first-order valence-corrected chi connectivity index (χ1v) is 16.9. The molecule has 12 nitrogen and oxygen atoms in total. The number of carboxylic acids is 1. The number of carbonyl (C=O) groups is 4. The van der Waals surface area contributed by atoms with Crippen molar-refractivity contribution in [2.45, 2.75) is 121 Å². The zero-order valence-corrected chi connectivity index (χ0v) is 27.9. The van der Waals surface area contributed by atoms with Gasteiger partial charge in [-0.1, -0.05) is 68.7 Å². The summed E-state index contributed by atoms with van der Waals surface area (Å²) < 4.78 is 5.49. The fourth-order valence-electron chi connectivity index (χ4n) is 6.54. The third-order valence-electron chi connectivity index (χ3n) is 9.17. The molecule has 5 atom stereocenters. The first-order valence-electron chi connectivity index (χ1n) is 16.9. The van der Waals surface area contributed by atoms with Crippen LogP contribution >= 0.6 is 0 Å². The lowest BCUT2D eigenvalue weighted by Crippen LogP contribution is -2.56. The van der Waals surface area contributed by atoms with Crippen molar-refractivity contribution in [3.63, 3.8) is 0 Å². The maximum atomic E-state index is 14.3. The monoisotopic (exact) mass is 648 g/mol. The van der Waals surface area contributed by atoms with Crippen LogP contribution in [0.15, 0.2) is 42.5 Å². The second-order valence-corrected chi connectivity index (χ2v) is 14.0. The van der Waals surface area contributed by atoms with Gasteiger partial charge in [-0.2, -0.15) is 15.0 Å². The summed E-state index contributed by atoms with van der Waals surface area (Å²) in [7, 11) is 0. The lowest BCUT2D eigenvalue weighted by Gasteiger charge is -2.30. The minimum Gasteiger partial charge on any atom is -0.479 e. The van der Waals surface area contributed by atoms with Crippen molar-refractivity contribution in [1.29, 1.82) is 0 Å². The molecule has 1 saturated heterocycles. The van der Waals surface area contributed by atoms with Crippen LogP contribution in [0.5, 0.6) is 0 Å². The molecule has 1 saturated carbocycles. The number of aliphatic carboxylic acids is 1. The molecule has 0 unspecified atom stereocenters. The molecule has 3 amide bonds. The summed E-state index contributed by atoms with van der Waals surface area (Å²) >= 11 is 0. The van der Waals surface area contributed by atoms with Crippen LogP contribution in [0.4, 0.5) is 4.79 Å². The SMILES string of the molecule is CCCCc1nn([C@H]2C[C@H]3C(=O)N[C@]4(C(=O)O)C[C@H]4/C=C\CCCCC[C@H](NC(=O)OC(C)(C)C)C(=O)N3C2)nc1-c1ccccc1. The molecular formula is C35H48N6O6. The molecule has 1 aliphatic carbocycles. The summed E-state index contributed by atoms with van der Waals surface area (Å²) in [5.74, 6) is -2.36. The standard InChI is InChI=1S/C35H48N6O6/c1-5-6-18-26-29(23-15-11-10-12-16-23)39-41(38-26)25-20-28-30(42)37-35(32(44)45)21-24(35)17-13-8-7-9-14-19-27(31(43)40(28)22-25)36-33(46)47-34(2,3)4/h10-13,15-17,24-25,27-28H,5-9,14,18-22H2,1-4H3,(H,36,46)(H,37,42)(H,44,45)/b17-13-/t24-,25+,27+,28+,35-/m1/s1. The van der Waals surface area contributed by atoms with Gasteiger partial charge in [0, 0.05) is 24.4 Å². The summed E-state index contributed by atoms with van der Waals surface area (Å²) in [5.41, 5.74) is 0.377. The van der Waals surface area contributed by atoms with Crippen LogP contribution in [0.2, 0.25) is 0 Å². The first kappa shape index (κ1) is 34.1. The topological polar surface area (TPSA) is 156 Å². The Balaban J connectivity index is 1.48. The minimum absolute atomic E-state index is 0.128. The van der Waals surface area contributed by atoms with Gasteiger partial charge in [-0.25, -0.2) is 9.59 Å². The van der Waals surface area contributed by atoms with Gasteiger partial charge >= 0.3 is 12.1 Å². The second-order valence-electron chi connectivity index (χ2n) is 14.0. The number of hydrogen-bond acceptors (Lipinski definition) is 7. The number of alkyl carbamates (subject to hydrolysis) is 1. The van der Waals surface area contributed by atoms with E-state index in [0.717, 1.165) is 55.5 Å². The third kappa shape index (κ3) is 8.02. The number of amides is 3. The molecule has 0 bridgehead atoms. The normalized spacial score (nSPS) is 27.4. The number of allylic oxidation sites excluding steroid dienone is 1. The van der Waals surface area contributed by atoms with E-state index in [1.807, 2.05) is 42.5 Å².